The van der Waals surface area contributed by atoms with Crippen LogP contribution in [-0.2, 0) is 14.3 Å². The van der Waals surface area contributed by atoms with Gasteiger partial charge in [-0.15, -0.1) is 0 Å². The Morgan fingerprint density at radius 3 is 1.29 bits per heavy atom. The molecule has 1 saturated heterocycles. The minimum Gasteiger partial charge on any atom is -0.394 e. The van der Waals surface area contributed by atoms with Crippen molar-refractivity contribution in [3.05, 3.63) is 36.5 Å². The summed E-state index contributed by atoms with van der Waals surface area (Å²) in [4.78, 5) is 13.2. The lowest BCUT2D eigenvalue weighted by molar-refractivity contribution is -0.303. The summed E-state index contributed by atoms with van der Waals surface area (Å²) < 4.78 is 11.1. The molecule has 11 heteroatoms. The van der Waals surface area contributed by atoms with Crippen molar-refractivity contribution in [2.45, 2.75) is 313 Å². The van der Waals surface area contributed by atoms with Crippen LogP contribution in [0.25, 0.3) is 0 Å². The molecule has 1 aliphatic rings. The number of ether oxygens (including phenoxy) is 2. The fourth-order valence-electron chi connectivity index (χ4n) is 9.16. The third-order valence-corrected chi connectivity index (χ3v) is 13.9. The van der Waals surface area contributed by atoms with E-state index in [2.05, 4.69) is 55.6 Å². The Bertz CT molecular complexity index is 1210. The van der Waals surface area contributed by atoms with Gasteiger partial charge in [0.25, 0.3) is 0 Å². The van der Waals surface area contributed by atoms with Crippen LogP contribution in [0.2, 0.25) is 0 Å². The Hall–Kier alpha value is -1.67. The summed E-state index contributed by atoms with van der Waals surface area (Å²) in [5.41, 5.74) is 0. The number of hydrogen-bond donors (Lipinski definition) is 8. The molecule has 1 aliphatic heterocycles. The van der Waals surface area contributed by atoms with E-state index >= 15 is 0 Å². The first-order valence-electron chi connectivity index (χ1n) is 28.9. The van der Waals surface area contributed by atoms with Gasteiger partial charge in [0, 0.05) is 0 Å². The SMILES string of the molecule is CCCCCCCCCCCC/C=C/CC/C=C/CCCC(O)C(O)C(COC1OC(CO)C(O)C(O)C1O)NC(=O)C(O)CCCCCCCCC/C=C\CCCCCCCCCCCCCC. The number of nitrogens with one attached hydrogen (secondary N) is 1. The molecule has 8 N–H and O–H groups in total. The summed E-state index contributed by atoms with van der Waals surface area (Å²) in [6.07, 6.45) is 46.3. The average Bonchev–Trinajstić information content (AvgIpc) is 3.35. The Balaban J connectivity index is 2.35. The normalized spacial score (nSPS) is 20.6. The van der Waals surface area contributed by atoms with Gasteiger partial charge in [-0.3, -0.25) is 4.79 Å². The first-order valence-corrected chi connectivity index (χ1v) is 28.9. The first-order chi connectivity index (χ1) is 33.7. The number of aliphatic hydroxyl groups is 7. The van der Waals surface area contributed by atoms with Crippen molar-refractivity contribution < 1.29 is 50.0 Å². The Morgan fingerprint density at radius 1 is 0.493 bits per heavy atom. The summed E-state index contributed by atoms with van der Waals surface area (Å²) in [5, 5.41) is 76.1. The van der Waals surface area contributed by atoms with E-state index in [1.165, 1.54) is 167 Å². The van der Waals surface area contributed by atoms with Crippen molar-refractivity contribution in [1.29, 1.82) is 0 Å². The van der Waals surface area contributed by atoms with Crippen molar-refractivity contribution in [3.63, 3.8) is 0 Å². The third kappa shape index (κ3) is 36.0. The Kier molecular flexibility index (Phi) is 44.8. The maximum Gasteiger partial charge on any atom is 0.249 e. The summed E-state index contributed by atoms with van der Waals surface area (Å²) in [7, 11) is 0. The lowest BCUT2D eigenvalue weighted by Gasteiger charge is -2.40. The highest BCUT2D eigenvalue weighted by Crippen LogP contribution is 2.23. The van der Waals surface area contributed by atoms with Gasteiger partial charge >= 0.3 is 0 Å². The number of aliphatic hydroxyl groups excluding tert-OH is 7. The molecule has 0 aliphatic carbocycles. The van der Waals surface area contributed by atoms with E-state index in [1.54, 1.807) is 0 Å². The first kappa shape index (κ1) is 65.3. The zero-order valence-electron chi connectivity index (χ0n) is 44.3. The zero-order valence-corrected chi connectivity index (χ0v) is 44.3. The second-order valence-electron chi connectivity index (χ2n) is 20.3. The molecule has 1 rings (SSSR count). The van der Waals surface area contributed by atoms with Crippen molar-refractivity contribution in [3.8, 4) is 0 Å². The standard InChI is InChI=1S/C58H109NO10/c1-3-5-7-9-11-13-15-17-19-21-23-24-25-26-28-30-32-34-36-38-40-42-44-46-51(62)57(67)59-49(48-68-58-56(66)55(65)54(64)52(47-60)69-58)53(63)50(61)45-43-41-39-37-35-33-31-29-27-22-20-18-16-14-12-10-8-6-4-2/h26,28-29,31,37,39,49-56,58,60-66H,3-25,27,30,32-36,38,40-48H2,1-2H3,(H,59,67)/b28-26-,31-29+,39-37+. The van der Waals surface area contributed by atoms with Gasteiger partial charge in [0.15, 0.2) is 6.29 Å². The second-order valence-corrected chi connectivity index (χ2v) is 20.3. The van der Waals surface area contributed by atoms with Crippen molar-refractivity contribution in [2.24, 2.45) is 0 Å². The molecule has 9 atom stereocenters. The van der Waals surface area contributed by atoms with E-state index in [9.17, 15) is 40.5 Å². The minimum atomic E-state index is -1.67. The van der Waals surface area contributed by atoms with Gasteiger partial charge in [0.2, 0.25) is 5.91 Å². The minimum absolute atomic E-state index is 0.245. The molecule has 0 spiro atoms. The van der Waals surface area contributed by atoms with E-state index in [0.29, 0.717) is 19.3 Å². The van der Waals surface area contributed by atoms with Gasteiger partial charge in [-0.25, -0.2) is 0 Å². The maximum atomic E-state index is 13.2. The van der Waals surface area contributed by atoms with E-state index in [-0.39, 0.29) is 12.8 Å². The summed E-state index contributed by atoms with van der Waals surface area (Å²) in [6.45, 7) is 3.45. The monoisotopic (exact) mass is 980 g/mol. The molecule has 406 valence electrons. The second kappa shape index (κ2) is 47.3. The number of carbonyl (C=O) groups is 1. The zero-order chi connectivity index (χ0) is 50.4. The summed E-state index contributed by atoms with van der Waals surface area (Å²) in [6, 6.07) is -1.19. The summed E-state index contributed by atoms with van der Waals surface area (Å²) in [5.74, 6) is -0.712. The highest BCUT2D eigenvalue weighted by Gasteiger charge is 2.44. The molecule has 0 aromatic rings. The lowest BCUT2D eigenvalue weighted by Crippen LogP contribution is -2.60. The number of unbranched alkanes of at least 4 members (excludes halogenated alkanes) is 31. The smallest absolute Gasteiger partial charge is 0.249 e. The number of rotatable bonds is 49. The molecule has 0 radical (unpaired) electrons. The van der Waals surface area contributed by atoms with Crippen LogP contribution in [0.3, 0.4) is 0 Å². The molecule has 1 fully saturated rings. The van der Waals surface area contributed by atoms with E-state index < -0.39 is 74.2 Å². The van der Waals surface area contributed by atoms with Crippen molar-refractivity contribution in [2.75, 3.05) is 13.2 Å². The van der Waals surface area contributed by atoms with Crippen LogP contribution in [0, 0.1) is 0 Å². The highest BCUT2D eigenvalue weighted by atomic mass is 16.7. The van der Waals surface area contributed by atoms with Crippen molar-refractivity contribution >= 4 is 5.91 Å². The van der Waals surface area contributed by atoms with Crippen LogP contribution in [-0.4, -0.2) is 110 Å². The van der Waals surface area contributed by atoms with Gasteiger partial charge in [0.05, 0.1) is 25.4 Å². The molecule has 11 nitrogen and oxygen atoms in total. The van der Waals surface area contributed by atoms with Crippen LogP contribution in [0.1, 0.15) is 258 Å². The summed E-state index contributed by atoms with van der Waals surface area (Å²) >= 11 is 0. The molecule has 69 heavy (non-hydrogen) atoms. The molecule has 1 heterocycles. The van der Waals surface area contributed by atoms with E-state index in [0.717, 1.165) is 44.9 Å². The molecule has 9 unspecified atom stereocenters. The molecule has 0 saturated carbocycles. The Labute approximate surface area is 422 Å². The topological polar surface area (TPSA) is 189 Å². The number of allylic oxidation sites excluding steroid dienone is 6. The largest absolute Gasteiger partial charge is 0.394 e. The highest BCUT2D eigenvalue weighted by molar-refractivity contribution is 5.80. The molecular formula is C58H109NO10. The van der Waals surface area contributed by atoms with Gasteiger partial charge in [-0.2, -0.15) is 0 Å². The van der Waals surface area contributed by atoms with E-state index in [4.69, 9.17) is 9.47 Å². The van der Waals surface area contributed by atoms with Crippen LogP contribution in [0.4, 0.5) is 0 Å². The fourth-order valence-corrected chi connectivity index (χ4v) is 9.16. The average molecular weight is 981 g/mol. The molecule has 0 aromatic carbocycles. The predicted molar refractivity (Wildman–Crippen MR) is 284 cm³/mol. The number of hydrogen-bond acceptors (Lipinski definition) is 10. The molecule has 1 amide bonds. The predicted octanol–water partition coefficient (Wildman–Crippen LogP) is 11.9. The molecule has 0 aromatic heterocycles. The number of carbonyl (C=O) groups excluding carboxylic acids is 1. The lowest BCUT2D eigenvalue weighted by atomic mass is 9.98. The maximum absolute atomic E-state index is 13.2. The molecular weight excluding hydrogens is 871 g/mol. The van der Waals surface area contributed by atoms with Gasteiger partial charge in [0.1, 0.15) is 36.6 Å². The van der Waals surface area contributed by atoms with Crippen LogP contribution >= 0.6 is 0 Å². The van der Waals surface area contributed by atoms with Gasteiger partial charge in [-0.1, -0.05) is 217 Å². The number of amides is 1. The van der Waals surface area contributed by atoms with Crippen molar-refractivity contribution in [1.82, 2.24) is 5.32 Å². The van der Waals surface area contributed by atoms with Crippen LogP contribution in [0.5, 0.6) is 0 Å². The van der Waals surface area contributed by atoms with Crippen LogP contribution < -0.4 is 5.32 Å². The van der Waals surface area contributed by atoms with Gasteiger partial charge in [-0.05, 0) is 77.0 Å². The van der Waals surface area contributed by atoms with Crippen LogP contribution in [0.15, 0.2) is 36.5 Å². The third-order valence-electron chi connectivity index (χ3n) is 13.9. The molecule has 0 bridgehead atoms. The van der Waals surface area contributed by atoms with Gasteiger partial charge < -0.3 is 50.5 Å². The van der Waals surface area contributed by atoms with E-state index in [1.807, 2.05) is 0 Å². The fraction of sp³-hybridized carbons (Fsp3) is 0.879. The Morgan fingerprint density at radius 2 is 0.870 bits per heavy atom. The quantitative estimate of drug-likeness (QED) is 0.0215.